The van der Waals surface area contributed by atoms with Gasteiger partial charge < -0.3 is 15.4 Å². The van der Waals surface area contributed by atoms with Gasteiger partial charge in [0.15, 0.2) is 6.61 Å². The van der Waals surface area contributed by atoms with E-state index in [1.165, 1.54) is 0 Å². The summed E-state index contributed by atoms with van der Waals surface area (Å²) in [6.07, 6.45) is 0. The van der Waals surface area contributed by atoms with Gasteiger partial charge in [-0.25, -0.2) is 0 Å². The summed E-state index contributed by atoms with van der Waals surface area (Å²) in [5.74, 6) is -0.225. The second kappa shape index (κ2) is 8.57. The molecule has 0 aliphatic rings. The topological polar surface area (TPSA) is 67.4 Å². The fraction of sp³-hybridized carbons (Fsp3) is 0.176. The van der Waals surface area contributed by atoms with Crippen molar-refractivity contribution in [1.82, 2.24) is 5.32 Å². The molecule has 126 valence electrons. The molecule has 0 heterocycles. The average molecular weight is 367 g/mol. The zero-order chi connectivity index (χ0) is 17.5. The highest BCUT2D eigenvalue weighted by molar-refractivity contribution is 6.44. The van der Waals surface area contributed by atoms with E-state index in [0.29, 0.717) is 16.5 Å². The molecule has 0 spiro atoms. The molecular formula is C17H16Cl2N2O3. The van der Waals surface area contributed by atoms with Gasteiger partial charge in [-0.3, -0.25) is 9.59 Å². The number of benzene rings is 2. The van der Waals surface area contributed by atoms with Crippen molar-refractivity contribution in [1.29, 1.82) is 0 Å². The molecule has 0 fully saturated rings. The Morgan fingerprint density at radius 2 is 1.75 bits per heavy atom. The van der Waals surface area contributed by atoms with E-state index in [-0.39, 0.29) is 18.2 Å². The van der Waals surface area contributed by atoms with Crippen LogP contribution in [0.15, 0.2) is 42.5 Å². The summed E-state index contributed by atoms with van der Waals surface area (Å²) in [6.45, 7) is 1.59. The van der Waals surface area contributed by atoms with Gasteiger partial charge in [0.2, 0.25) is 5.91 Å². The van der Waals surface area contributed by atoms with Crippen LogP contribution in [0.1, 0.15) is 5.56 Å². The van der Waals surface area contributed by atoms with Crippen molar-refractivity contribution in [2.75, 3.05) is 18.5 Å². The van der Waals surface area contributed by atoms with Crippen molar-refractivity contribution in [3.8, 4) is 5.75 Å². The maximum Gasteiger partial charge on any atom is 0.258 e. The molecule has 0 bridgehead atoms. The molecule has 2 rings (SSSR count). The fourth-order valence-electron chi connectivity index (χ4n) is 1.81. The molecule has 0 aliphatic carbocycles. The Balaban J connectivity index is 1.75. The van der Waals surface area contributed by atoms with Crippen molar-refractivity contribution in [2.45, 2.75) is 6.92 Å². The number of aryl methyl sites for hydroxylation is 1. The third-order valence-corrected chi connectivity index (χ3v) is 3.88. The smallest absolute Gasteiger partial charge is 0.258 e. The summed E-state index contributed by atoms with van der Waals surface area (Å²) in [5.41, 5.74) is 1.49. The summed E-state index contributed by atoms with van der Waals surface area (Å²) >= 11 is 11.8. The van der Waals surface area contributed by atoms with Crippen molar-refractivity contribution >= 4 is 40.7 Å². The third-order valence-electron chi connectivity index (χ3n) is 3.06. The van der Waals surface area contributed by atoms with Crippen LogP contribution in [0, 0.1) is 6.92 Å². The van der Waals surface area contributed by atoms with Gasteiger partial charge in [-0.2, -0.15) is 0 Å². The number of nitrogens with one attached hydrogen (secondary N) is 2. The lowest BCUT2D eigenvalue weighted by Crippen LogP contribution is -2.35. The number of amides is 2. The molecule has 0 radical (unpaired) electrons. The lowest BCUT2D eigenvalue weighted by Gasteiger charge is -2.10. The first-order valence-electron chi connectivity index (χ1n) is 7.16. The second-order valence-corrected chi connectivity index (χ2v) is 5.81. The van der Waals surface area contributed by atoms with Crippen LogP contribution in [0.2, 0.25) is 10.0 Å². The first kappa shape index (κ1) is 18.1. The van der Waals surface area contributed by atoms with Gasteiger partial charge in [-0.05, 0) is 31.2 Å². The molecule has 0 saturated heterocycles. The van der Waals surface area contributed by atoms with Crippen LogP contribution in [-0.4, -0.2) is 25.0 Å². The zero-order valence-electron chi connectivity index (χ0n) is 12.9. The molecule has 0 atom stereocenters. The quantitative estimate of drug-likeness (QED) is 0.822. The number of carbonyl (C=O) groups excluding carboxylic acids is 2. The molecule has 2 aromatic rings. The predicted octanol–water partition coefficient (Wildman–Crippen LogP) is 3.44. The minimum Gasteiger partial charge on any atom is -0.484 e. The number of halogens is 2. The molecule has 2 aromatic carbocycles. The minimum atomic E-state index is -0.414. The molecule has 2 amide bonds. The van der Waals surface area contributed by atoms with E-state index in [1.54, 1.807) is 30.3 Å². The molecule has 0 unspecified atom stereocenters. The maximum absolute atomic E-state index is 11.8. The number of carbonyl (C=O) groups is 2. The van der Waals surface area contributed by atoms with Crippen molar-refractivity contribution in [3.63, 3.8) is 0 Å². The summed E-state index contributed by atoms with van der Waals surface area (Å²) in [7, 11) is 0. The van der Waals surface area contributed by atoms with Gasteiger partial charge in [0.25, 0.3) is 5.91 Å². The van der Waals surface area contributed by atoms with Crippen LogP contribution < -0.4 is 15.4 Å². The zero-order valence-corrected chi connectivity index (χ0v) is 14.4. The van der Waals surface area contributed by atoms with E-state index in [4.69, 9.17) is 27.9 Å². The van der Waals surface area contributed by atoms with Crippen molar-refractivity contribution < 1.29 is 14.3 Å². The van der Waals surface area contributed by atoms with E-state index < -0.39 is 11.8 Å². The summed E-state index contributed by atoms with van der Waals surface area (Å²) in [6, 6.07) is 12.2. The van der Waals surface area contributed by atoms with Crippen LogP contribution in [0.4, 0.5) is 5.69 Å². The van der Waals surface area contributed by atoms with Crippen LogP contribution in [-0.2, 0) is 9.59 Å². The molecule has 0 aromatic heterocycles. The summed E-state index contributed by atoms with van der Waals surface area (Å²) < 4.78 is 5.33. The Morgan fingerprint density at radius 3 is 2.46 bits per heavy atom. The van der Waals surface area contributed by atoms with Crippen LogP contribution >= 0.6 is 23.2 Å². The highest BCUT2D eigenvalue weighted by Gasteiger charge is 2.10. The largest absolute Gasteiger partial charge is 0.484 e. The van der Waals surface area contributed by atoms with E-state index in [1.807, 2.05) is 19.1 Å². The van der Waals surface area contributed by atoms with Gasteiger partial charge in [0.05, 0.1) is 22.3 Å². The Bertz CT molecular complexity index is 733. The van der Waals surface area contributed by atoms with E-state index >= 15 is 0 Å². The number of ether oxygens (including phenoxy) is 1. The monoisotopic (exact) mass is 366 g/mol. The Hall–Kier alpha value is -2.24. The van der Waals surface area contributed by atoms with Crippen molar-refractivity contribution in [2.24, 2.45) is 0 Å². The number of hydrogen-bond donors (Lipinski definition) is 2. The van der Waals surface area contributed by atoms with Crippen LogP contribution in [0.25, 0.3) is 0 Å². The Kier molecular flexibility index (Phi) is 6.46. The Labute approximate surface area is 149 Å². The molecule has 0 saturated carbocycles. The third kappa shape index (κ3) is 5.44. The number of anilines is 1. The maximum atomic E-state index is 11.8. The molecule has 5 nitrogen and oxygen atoms in total. The first-order valence-corrected chi connectivity index (χ1v) is 7.91. The molecule has 2 N–H and O–H groups in total. The van der Waals surface area contributed by atoms with E-state index in [9.17, 15) is 9.59 Å². The van der Waals surface area contributed by atoms with Crippen molar-refractivity contribution in [3.05, 3.63) is 58.1 Å². The van der Waals surface area contributed by atoms with Crippen LogP contribution in [0.5, 0.6) is 5.75 Å². The Morgan fingerprint density at radius 1 is 1.04 bits per heavy atom. The van der Waals surface area contributed by atoms with Gasteiger partial charge in [-0.1, -0.05) is 47.0 Å². The summed E-state index contributed by atoms with van der Waals surface area (Å²) in [4.78, 5) is 23.5. The molecule has 24 heavy (non-hydrogen) atoms. The van der Waals surface area contributed by atoms with E-state index in [0.717, 1.165) is 5.56 Å². The lowest BCUT2D eigenvalue weighted by molar-refractivity contribution is -0.125. The highest BCUT2D eigenvalue weighted by Crippen LogP contribution is 2.29. The second-order valence-electron chi connectivity index (χ2n) is 5.03. The molecule has 7 heteroatoms. The van der Waals surface area contributed by atoms with Crippen LogP contribution in [0.3, 0.4) is 0 Å². The number of hydrogen-bond acceptors (Lipinski definition) is 3. The van der Waals surface area contributed by atoms with Gasteiger partial charge >= 0.3 is 0 Å². The fourth-order valence-corrected chi connectivity index (χ4v) is 2.16. The highest BCUT2D eigenvalue weighted by atomic mass is 35.5. The van der Waals surface area contributed by atoms with Gasteiger partial charge in [0.1, 0.15) is 5.75 Å². The first-order chi connectivity index (χ1) is 11.5. The number of rotatable bonds is 6. The minimum absolute atomic E-state index is 0.172. The normalized spacial score (nSPS) is 10.1. The van der Waals surface area contributed by atoms with Gasteiger partial charge in [-0.15, -0.1) is 0 Å². The standard InChI is InChI=1S/C17H16Cl2N2O3/c1-11-5-7-12(8-6-11)24-10-16(23)20-9-15(22)21-14-4-2-3-13(18)17(14)19/h2-8H,9-10H2,1H3,(H,20,23)(H,21,22). The SMILES string of the molecule is Cc1ccc(OCC(=O)NCC(=O)Nc2cccc(Cl)c2Cl)cc1. The molecular weight excluding hydrogens is 351 g/mol. The van der Waals surface area contributed by atoms with Gasteiger partial charge in [0, 0.05) is 0 Å². The summed E-state index contributed by atoms with van der Waals surface area (Å²) in [5, 5.41) is 5.63. The molecule has 0 aliphatic heterocycles. The predicted molar refractivity (Wildman–Crippen MR) is 94.8 cm³/mol. The van der Waals surface area contributed by atoms with E-state index in [2.05, 4.69) is 10.6 Å². The lowest BCUT2D eigenvalue weighted by atomic mass is 10.2. The average Bonchev–Trinajstić information content (AvgIpc) is 2.56.